The largest absolute Gasteiger partial charge is 0.342 e. The van der Waals surface area contributed by atoms with Crippen molar-refractivity contribution in [2.45, 2.75) is 12.5 Å². The van der Waals surface area contributed by atoms with Gasteiger partial charge in [0.05, 0.1) is 12.6 Å². The second-order valence-corrected chi connectivity index (χ2v) is 3.71. The lowest BCUT2D eigenvalue weighted by Crippen LogP contribution is -2.54. The number of rotatable bonds is 3. The molecular weight excluding hydrogens is 194 g/mol. The van der Waals surface area contributed by atoms with Crippen LogP contribution in [0.15, 0.2) is 12.7 Å². The first-order valence-electron chi connectivity index (χ1n) is 4.95. The van der Waals surface area contributed by atoms with Crippen LogP contribution in [0.3, 0.4) is 0 Å². The average molecular weight is 211 g/mol. The van der Waals surface area contributed by atoms with E-state index in [0.717, 1.165) is 0 Å². The Hall–Kier alpha value is -1.36. The van der Waals surface area contributed by atoms with Crippen LogP contribution >= 0.6 is 0 Å². The van der Waals surface area contributed by atoms with Crippen LogP contribution < -0.4 is 5.73 Å². The second-order valence-electron chi connectivity index (χ2n) is 3.71. The maximum atomic E-state index is 11.7. The van der Waals surface area contributed by atoms with Crippen molar-refractivity contribution in [1.29, 1.82) is 0 Å². The maximum Gasteiger partial charge on any atom is 0.241 e. The number of likely N-dealkylation sites (N-methyl/N-ethyl adjacent to an activating group) is 1. The van der Waals surface area contributed by atoms with E-state index in [1.807, 2.05) is 0 Å². The normalized spacial score (nSPS) is 18.9. The van der Waals surface area contributed by atoms with Gasteiger partial charge in [0.25, 0.3) is 0 Å². The third kappa shape index (κ3) is 2.79. The Bertz CT molecular complexity index is 278. The van der Waals surface area contributed by atoms with E-state index in [2.05, 4.69) is 6.58 Å². The van der Waals surface area contributed by atoms with Gasteiger partial charge in [0.2, 0.25) is 11.8 Å². The summed E-state index contributed by atoms with van der Waals surface area (Å²) in [7, 11) is 1.73. The number of carbonyl (C=O) groups excluding carboxylic acids is 2. The summed E-state index contributed by atoms with van der Waals surface area (Å²) in [5.41, 5.74) is 5.65. The lowest BCUT2D eigenvalue weighted by atomic mass is 10.1. The molecule has 0 saturated carbocycles. The Morgan fingerprint density at radius 2 is 2.33 bits per heavy atom. The predicted octanol–water partition coefficient (Wildman–Crippen LogP) is -0.810. The molecule has 1 atom stereocenters. The van der Waals surface area contributed by atoms with Gasteiger partial charge in [-0.05, 0) is 6.42 Å². The molecule has 5 heteroatoms. The first-order chi connectivity index (χ1) is 7.06. The third-order valence-electron chi connectivity index (χ3n) is 2.51. The summed E-state index contributed by atoms with van der Waals surface area (Å²) < 4.78 is 0. The van der Waals surface area contributed by atoms with Crippen molar-refractivity contribution in [2.24, 2.45) is 5.73 Å². The van der Waals surface area contributed by atoms with Crippen LogP contribution in [0.4, 0.5) is 0 Å². The van der Waals surface area contributed by atoms with Gasteiger partial charge in [-0.2, -0.15) is 0 Å². The zero-order valence-electron chi connectivity index (χ0n) is 8.98. The van der Waals surface area contributed by atoms with Gasteiger partial charge in [0, 0.05) is 20.1 Å². The molecule has 0 aliphatic carbocycles. The number of hydrogen-bond donors (Lipinski definition) is 1. The van der Waals surface area contributed by atoms with Crippen molar-refractivity contribution < 1.29 is 9.59 Å². The molecule has 1 fully saturated rings. The van der Waals surface area contributed by atoms with Gasteiger partial charge < -0.3 is 15.5 Å². The number of carbonyl (C=O) groups is 2. The maximum absolute atomic E-state index is 11.7. The summed E-state index contributed by atoms with van der Waals surface area (Å²) in [5.74, 6) is -0.211. The van der Waals surface area contributed by atoms with Crippen molar-refractivity contribution in [2.75, 3.05) is 26.7 Å². The van der Waals surface area contributed by atoms with E-state index in [4.69, 9.17) is 5.73 Å². The minimum atomic E-state index is -0.571. The van der Waals surface area contributed by atoms with Crippen molar-refractivity contribution in [3.8, 4) is 0 Å². The van der Waals surface area contributed by atoms with Gasteiger partial charge in [0.1, 0.15) is 0 Å². The van der Waals surface area contributed by atoms with E-state index in [1.165, 1.54) is 4.90 Å². The van der Waals surface area contributed by atoms with Crippen LogP contribution in [0.5, 0.6) is 0 Å². The summed E-state index contributed by atoms with van der Waals surface area (Å²) in [6, 6.07) is -0.571. The zero-order valence-corrected chi connectivity index (χ0v) is 8.98. The SMILES string of the molecule is C=CCC(N)C(=O)N1CCN(C)C(=O)C1. The highest BCUT2D eigenvalue weighted by molar-refractivity contribution is 5.88. The summed E-state index contributed by atoms with van der Waals surface area (Å²) >= 11 is 0. The van der Waals surface area contributed by atoms with Crippen LogP contribution in [0.1, 0.15) is 6.42 Å². The molecule has 0 bridgehead atoms. The van der Waals surface area contributed by atoms with Crippen LogP contribution in [0, 0.1) is 0 Å². The Kier molecular flexibility index (Phi) is 3.85. The van der Waals surface area contributed by atoms with Crippen molar-refractivity contribution in [3.63, 3.8) is 0 Å². The number of hydrogen-bond acceptors (Lipinski definition) is 3. The first-order valence-corrected chi connectivity index (χ1v) is 4.95. The van der Waals surface area contributed by atoms with Crippen LogP contribution in [-0.4, -0.2) is 54.3 Å². The van der Waals surface area contributed by atoms with E-state index in [9.17, 15) is 9.59 Å². The molecule has 0 spiro atoms. The topological polar surface area (TPSA) is 66.6 Å². The van der Waals surface area contributed by atoms with Crippen molar-refractivity contribution in [3.05, 3.63) is 12.7 Å². The molecule has 1 unspecified atom stereocenters. The standard InChI is InChI=1S/C10H17N3O2/c1-3-4-8(11)10(15)13-6-5-12(2)9(14)7-13/h3,8H,1,4-7,11H2,2H3. The molecule has 0 aromatic rings. The highest BCUT2D eigenvalue weighted by Gasteiger charge is 2.27. The summed E-state index contributed by atoms with van der Waals surface area (Å²) in [5, 5.41) is 0. The molecule has 1 aliphatic heterocycles. The lowest BCUT2D eigenvalue weighted by Gasteiger charge is -2.33. The molecule has 2 N–H and O–H groups in total. The van der Waals surface area contributed by atoms with Crippen LogP contribution in [-0.2, 0) is 9.59 Å². The first kappa shape index (κ1) is 11.7. The van der Waals surface area contributed by atoms with Crippen molar-refractivity contribution in [1.82, 2.24) is 9.80 Å². The molecule has 1 aliphatic rings. The molecule has 2 amide bonds. The highest BCUT2D eigenvalue weighted by atomic mass is 16.2. The fourth-order valence-corrected chi connectivity index (χ4v) is 1.46. The third-order valence-corrected chi connectivity index (χ3v) is 2.51. The number of nitrogens with two attached hydrogens (primary N) is 1. The molecular formula is C10H17N3O2. The quantitative estimate of drug-likeness (QED) is 0.621. The smallest absolute Gasteiger partial charge is 0.241 e. The molecule has 0 aromatic carbocycles. The monoisotopic (exact) mass is 211 g/mol. The molecule has 5 nitrogen and oxygen atoms in total. The van der Waals surface area contributed by atoms with E-state index in [-0.39, 0.29) is 18.4 Å². The van der Waals surface area contributed by atoms with Gasteiger partial charge in [-0.25, -0.2) is 0 Å². The van der Waals surface area contributed by atoms with E-state index >= 15 is 0 Å². The number of piperazine rings is 1. The molecule has 1 saturated heterocycles. The average Bonchev–Trinajstić information content (AvgIpc) is 2.21. The number of amides is 2. The van der Waals surface area contributed by atoms with Crippen LogP contribution in [0.2, 0.25) is 0 Å². The summed E-state index contributed by atoms with van der Waals surface area (Å²) in [4.78, 5) is 26.2. The van der Waals surface area contributed by atoms with E-state index < -0.39 is 6.04 Å². The van der Waals surface area contributed by atoms with Gasteiger partial charge in [-0.1, -0.05) is 6.08 Å². The van der Waals surface area contributed by atoms with E-state index in [0.29, 0.717) is 19.5 Å². The fraction of sp³-hybridized carbons (Fsp3) is 0.600. The Morgan fingerprint density at radius 1 is 1.67 bits per heavy atom. The Labute approximate surface area is 89.5 Å². The summed E-state index contributed by atoms with van der Waals surface area (Å²) in [6.07, 6.45) is 2.06. The minimum absolute atomic E-state index is 0.0413. The van der Waals surface area contributed by atoms with Gasteiger partial charge >= 0.3 is 0 Å². The molecule has 84 valence electrons. The van der Waals surface area contributed by atoms with Crippen molar-refractivity contribution >= 4 is 11.8 Å². The Balaban J connectivity index is 2.54. The number of nitrogens with zero attached hydrogens (tertiary/aromatic N) is 2. The second kappa shape index (κ2) is 4.93. The molecule has 15 heavy (non-hydrogen) atoms. The lowest BCUT2D eigenvalue weighted by molar-refractivity contribution is -0.144. The molecule has 1 rings (SSSR count). The predicted molar refractivity (Wildman–Crippen MR) is 57.0 cm³/mol. The highest BCUT2D eigenvalue weighted by Crippen LogP contribution is 2.04. The molecule has 0 radical (unpaired) electrons. The zero-order chi connectivity index (χ0) is 11.4. The Morgan fingerprint density at radius 3 is 2.87 bits per heavy atom. The molecule has 0 aromatic heterocycles. The van der Waals surface area contributed by atoms with Gasteiger partial charge in [-0.15, -0.1) is 6.58 Å². The van der Waals surface area contributed by atoms with Gasteiger partial charge in [-0.3, -0.25) is 9.59 Å². The van der Waals surface area contributed by atoms with E-state index in [1.54, 1.807) is 18.0 Å². The van der Waals surface area contributed by atoms with Crippen LogP contribution in [0.25, 0.3) is 0 Å². The summed E-state index contributed by atoms with van der Waals surface area (Å²) in [6.45, 7) is 4.80. The molecule has 1 heterocycles. The fourth-order valence-electron chi connectivity index (χ4n) is 1.46. The van der Waals surface area contributed by atoms with Gasteiger partial charge in [0.15, 0.2) is 0 Å². The minimum Gasteiger partial charge on any atom is -0.342 e.